The van der Waals surface area contributed by atoms with Gasteiger partial charge in [0.2, 0.25) is 11.8 Å². The quantitative estimate of drug-likeness (QED) is 0.377. The predicted molar refractivity (Wildman–Crippen MR) is 71.5 cm³/mol. The zero-order chi connectivity index (χ0) is 14.3. The van der Waals surface area contributed by atoms with Crippen molar-refractivity contribution in [1.29, 1.82) is 0 Å². The van der Waals surface area contributed by atoms with E-state index >= 15 is 0 Å². The first-order valence-corrected chi connectivity index (χ1v) is 6.18. The fourth-order valence-electron chi connectivity index (χ4n) is 1.69. The van der Waals surface area contributed by atoms with Crippen LogP contribution in [0, 0.1) is 5.41 Å². The molecule has 0 heterocycles. The fourth-order valence-corrected chi connectivity index (χ4v) is 1.69. The molecule has 3 N–H and O–H groups in total. The molecule has 0 saturated heterocycles. The van der Waals surface area contributed by atoms with Gasteiger partial charge < -0.3 is 4.90 Å². The summed E-state index contributed by atoms with van der Waals surface area (Å²) in [6, 6.07) is 0. The highest BCUT2D eigenvalue weighted by Crippen LogP contribution is 2.17. The number of carbonyl (C=O) groups excluding carboxylic acids is 2. The third kappa shape index (κ3) is 5.46. The van der Waals surface area contributed by atoms with E-state index in [9.17, 15) is 9.59 Å². The Morgan fingerprint density at radius 1 is 1.28 bits per heavy atom. The van der Waals surface area contributed by atoms with Crippen LogP contribution < -0.4 is 11.3 Å². The number of likely N-dealkylation sites (N-methyl/N-ethyl adjacent to an activating group) is 1. The summed E-state index contributed by atoms with van der Waals surface area (Å²) in [5.74, 6) is 4.98. The molecule has 0 aromatic heterocycles. The molecule has 0 aliphatic heterocycles. The smallest absolute Gasteiger partial charge is 0.240 e. The maximum atomic E-state index is 11.7. The van der Waals surface area contributed by atoms with Crippen LogP contribution in [-0.2, 0) is 9.59 Å². The second-order valence-corrected chi connectivity index (χ2v) is 5.36. The molecule has 0 aliphatic rings. The van der Waals surface area contributed by atoms with E-state index in [1.165, 1.54) is 0 Å². The van der Waals surface area contributed by atoms with Crippen molar-refractivity contribution < 1.29 is 9.59 Å². The molecule has 0 rings (SSSR count). The molecule has 0 aromatic rings. The average molecular weight is 258 g/mol. The zero-order valence-corrected chi connectivity index (χ0v) is 12.1. The highest BCUT2D eigenvalue weighted by Gasteiger charge is 2.30. The van der Waals surface area contributed by atoms with Crippen molar-refractivity contribution >= 4 is 11.8 Å². The lowest BCUT2D eigenvalue weighted by atomic mass is 9.91. The van der Waals surface area contributed by atoms with E-state index in [0.29, 0.717) is 13.1 Å². The maximum Gasteiger partial charge on any atom is 0.240 e. The Labute approximate surface area is 109 Å². The van der Waals surface area contributed by atoms with Gasteiger partial charge in [0, 0.05) is 20.6 Å². The van der Waals surface area contributed by atoms with E-state index in [4.69, 9.17) is 5.84 Å². The molecule has 18 heavy (non-hydrogen) atoms. The van der Waals surface area contributed by atoms with E-state index in [2.05, 4.69) is 5.43 Å². The van der Waals surface area contributed by atoms with Gasteiger partial charge in [0.15, 0.2) is 0 Å². The molecule has 0 spiro atoms. The Balaban J connectivity index is 4.61. The van der Waals surface area contributed by atoms with Gasteiger partial charge in [0.25, 0.3) is 0 Å². The summed E-state index contributed by atoms with van der Waals surface area (Å²) in [5, 5.41) is 0. The van der Waals surface area contributed by atoms with Crippen molar-refractivity contribution in [2.45, 2.75) is 27.2 Å². The Hall–Kier alpha value is -1.14. The van der Waals surface area contributed by atoms with Crippen LogP contribution in [0.5, 0.6) is 0 Å². The number of carbonyl (C=O) groups is 2. The van der Waals surface area contributed by atoms with Crippen LogP contribution in [0.3, 0.4) is 0 Å². The Kier molecular flexibility index (Phi) is 6.86. The maximum absolute atomic E-state index is 11.7. The minimum Gasteiger partial charge on any atom is -0.348 e. The van der Waals surface area contributed by atoms with E-state index < -0.39 is 5.41 Å². The Morgan fingerprint density at radius 3 is 2.22 bits per heavy atom. The molecule has 0 saturated carbocycles. The molecule has 0 bridgehead atoms. The minimum absolute atomic E-state index is 0.0346. The molecule has 6 nitrogen and oxygen atoms in total. The summed E-state index contributed by atoms with van der Waals surface area (Å²) in [6.45, 7) is 7.28. The Morgan fingerprint density at radius 2 is 1.83 bits per heavy atom. The SMILES string of the molecule is CCCN(CC(=O)N(C)C)CC(C)(C)C(=O)NN. The van der Waals surface area contributed by atoms with E-state index in [-0.39, 0.29) is 11.8 Å². The minimum atomic E-state index is -0.615. The molecule has 0 aromatic carbocycles. The number of amides is 2. The first kappa shape index (κ1) is 16.9. The summed E-state index contributed by atoms with van der Waals surface area (Å²) >= 11 is 0. The number of hydrogen-bond donors (Lipinski definition) is 2. The van der Waals surface area contributed by atoms with Crippen LogP contribution in [0.4, 0.5) is 0 Å². The standard InChI is InChI=1S/C12H26N4O2/c1-6-7-16(8-10(17)15(4)5)9-12(2,3)11(18)14-13/h6-9,13H2,1-5H3,(H,14,18). The summed E-state index contributed by atoms with van der Waals surface area (Å²) in [7, 11) is 3.45. The molecule has 0 unspecified atom stereocenters. The van der Waals surface area contributed by atoms with Gasteiger partial charge >= 0.3 is 0 Å². The highest BCUT2D eigenvalue weighted by atomic mass is 16.2. The molecule has 0 aliphatic carbocycles. The summed E-state index contributed by atoms with van der Waals surface area (Å²) in [6.07, 6.45) is 0.932. The fraction of sp³-hybridized carbons (Fsp3) is 0.833. The first-order chi connectivity index (χ1) is 8.24. The van der Waals surface area contributed by atoms with Crippen molar-refractivity contribution in [2.75, 3.05) is 33.7 Å². The second-order valence-electron chi connectivity index (χ2n) is 5.36. The molecule has 106 valence electrons. The van der Waals surface area contributed by atoms with Crippen LogP contribution in [0.1, 0.15) is 27.2 Å². The van der Waals surface area contributed by atoms with Gasteiger partial charge in [-0.25, -0.2) is 5.84 Å². The monoisotopic (exact) mass is 258 g/mol. The van der Waals surface area contributed by atoms with Crippen molar-refractivity contribution in [3.05, 3.63) is 0 Å². The predicted octanol–water partition coefficient (Wildman–Crippen LogP) is -0.197. The van der Waals surface area contributed by atoms with E-state index in [0.717, 1.165) is 13.0 Å². The highest BCUT2D eigenvalue weighted by molar-refractivity contribution is 5.81. The third-order valence-electron chi connectivity index (χ3n) is 2.76. The third-order valence-corrected chi connectivity index (χ3v) is 2.76. The molecule has 0 radical (unpaired) electrons. The van der Waals surface area contributed by atoms with E-state index in [1.807, 2.05) is 25.7 Å². The van der Waals surface area contributed by atoms with Crippen molar-refractivity contribution in [1.82, 2.24) is 15.2 Å². The molecular formula is C12H26N4O2. The van der Waals surface area contributed by atoms with Gasteiger partial charge in [0.1, 0.15) is 0 Å². The van der Waals surface area contributed by atoms with E-state index in [1.54, 1.807) is 19.0 Å². The summed E-state index contributed by atoms with van der Waals surface area (Å²) < 4.78 is 0. The molecule has 0 fully saturated rings. The number of rotatable bonds is 7. The average Bonchev–Trinajstić information content (AvgIpc) is 2.27. The van der Waals surface area contributed by atoms with Gasteiger partial charge in [-0.3, -0.25) is 19.9 Å². The number of nitrogens with one attached hydrogen (secondary N) is 1. The van der Waals surface area contributed by atoms with Gasteiger partial charge in [-0.1, -0.05) is 6.92 Å². The van der Waals surface area contributed by atoms with Crippen LogP contribution in [0.15, 0.2) is 0 Å². The van der Waals surface area contributed by atoms with Gasteiger partial charge in [-0.2, -0.15) is 0 Å². The lowest BCUT2D eigenvalue weighted by molar-refractivity contribution is -0.134. The molecule has 6 heteroatoms. The second kappa shape index (κ2) is 7.33. The van der Waals surface area contributed by atoms with Crippen LogP contribution >= 0.6 is 0 Å². The van der Waals surface area contributed by atoms with Crippen LogP contribution in [0.2, 0.25) is 0 Å². The van der Waals surface area contributed by atoms with Crippen molar-refractivity contribution in [3.63, 3.8) is 0 Å². The zero-order valence-electron chi connectivity index (χ0n) is 12.1. The summed E-state index contributed by atoms with van der Waals surface area (Å²) in [4.78, 5) is 26.9. The number of hydrazine groups is 1. The van der Waals surface area contributed by atoms with Crippen molar-refractivity contribution in [2.24, 2.45) is 11.3 Å². The van der Waals surface area contributed by atoms with Crippen LogP contribution in [-0.4, -0.2) is 55.3 Å². The molecular weight excluding hydrogens is 232 g/mol. The Bertz CT molecular complexity index is 290. The number of hydrogen-bond acceptors (Lipinski definition) is 4. The number of nitrogens with two attached hydrogens (primary N) is 1. The normalized spacial score (nSPS) is 11.5. The number of nitrogens with zero attached hydrogens (tertiary/aromatic N) is 2. The van der Waals surface area contributed by atoms with Crippen molar-refractivity contribution in [3.8, 4) is 0 Å². The van der Waals surface area contributed by atoms with Gasteiger partial charge in [-0.05, 0) is 26.8 Å². The van der Waals surface area contributed by atoms with Crippen LogP contribution in [0.25, 0.3) is 0 Å². The molecule has 2 amide bonds. The van der Waals surface area contributed by atoms with Gasteiger partial charge in [0.05, 0.1) is 12.0 Å². The lowest BCUT2D eigenvalue weighted by Crippen LogP contribution is -2.49. The molecule has 0 atom stereocenters. The first-order valence-electron chi connectivity index (χ1n) is 6.18. The summed E-state index contributed by atoms with van der Waals surface area (Å²) in [5.41, 5.74) is 1.55. The van der Waals surface area contributed by atoms with Gasteiger partial charge in [-0.15, -0.1) is 0 Å². The topological polar surface area (TPSA) is 78.7 Å². The lowest BCUT2D eigenvalue weighted by Gasteiger charge is -2.31. The largest absolute Gasteiger partial charge is 0.348 e.